The number of nitrogens with zero attached hydrogens (tertiary/aromatic N) is 4. The zero-order valence-corrected chi connectivity index (χ0v) is 12.6. The molecule has 0 saturated carbocycles. The van der Waals surface area contributed by atoms with Gasteiger partial charge in [-0.2, -0.15) is 5.26 Å². The van der Waals surface area contributed by atoms with Crippen molar-refractivity contribution in [2.75, 3.05) is 32.7 Å². The second-order valence-corrected chi connectivity index (χ2v) is 6.61. The molecular weight excluding hydrogens is 276 g/mol. The Hall–Kier alpha value is -2.22. The van der Waals surface area contributed by atoms with Crippen molar-refractivity contribution in [2.45, 2.75) is 18.4 Å². The quantitative estimate of drug-likeness (QED) is 0.741. The molecule has 22 heavy (non-hydrogen) atoms. The fourth-order valence-electron chi connectivity index (χ4n) is 4.03. The molecule has 0 aliphatic carbocycles. The molecule has 0 N–H and O–H groups in total. The summed E-state index contributed by atoms with van der Waals surface area (Å²) in [5.74, 6) is 0.956. The van der Waals surface area contributed by atoms with E-state index in [0.29, 0.717) is 18.4 Å². The summed E-state index contributed by atoms with van der Waals surface area (Å²) in [6.07, 6.45) is 3.25. The Kier molecular flexibility index (Phi) is 3.18. The second-order valence-electron chi connectivity index (χ2n) is 6.61. The van der Waals surface area contributed by atoms with Crippen LogP contribution in [0.25, 0.3) is 0 Å². The molecule has 4 rings (SSSR count). The summed E-state index contributed by atoms with van der Waals surface area (Å²) in [6, 6.07) is 10.8. The Morgan fingerprint density at radius 2 is 1.91 bits per heavy atom. The molecule has 3 aliphatic heterocycles. The van der Waals surface area contributed by atoms with Crippen LogP contribution in [0.5, 0.6) is 0 Å². The SMILES string of the molecule is N#CN1CC2CCN(C(=O)N3CC(c4ccccc4)C3)C2C1. The van der Waals surface area contributed by atoms with E-state index in [2.05, 4.69) is 30.5 Å². The van der Waals surface area contributed by atoms with Gasteiger partial charge in [-0.15, -0.1) is 0 Å². The highest BCUT2D eigenvalue weighted by Gasteiger charge is 2.46. The van der Waals surface area contributed by atoms with Gasteiger partial charge in [0.25, 0.3) is 0 Å². The first-order valence-electron chi connectivity index (χ1n) is 8.01. The summed E-state index contributed by atoms with van der Waals surface area (Å²) < 4.78 is 0. The van der Waals surface area contributed by atoms with Gasteiger partial charge in [0.15, 0.2) is 6.19 Å². The van der Waals surface area contributed by atoms with E-state index >= 15 is 0 Å². The Morgan fingerprint density at radius 1 is 1.14 bits per heavy atom. The number of rotatable bonds is 1. The van der Waals surface area contributed by atoms with Crippen LogP contribution in [0.4, 0.5) is 4.79 Å². The zero-order valence-electron chi connectivity index (χ0n) is 12.6. The molecule has 3 aliphatic rings. The van der Waals surface area contributed by atoms with Gasteiger partial charge in [-0.05, 0) is 12.0 Å². The largest absolute Gasteiger partial charge is 0.323 e. The minimum Gasteiger partial charge on any atom is -0.323 e. The van der Waals surface area contributed by atoms with E-state index in [0.717, 1.165) is 32.6 Å². The van der Waals surface area contributed by atoms with Crippen molar-refractivity contribution in [3.63, 3.8) is 0 Å². The number of fused-ring (bicyclic) bond motifs is 1. The van der Waals surface area contributed by atoms with E-state index in [9.17, 15) is 4.79 Å². The van der Waals surface area contributed by atoms with E-state index in [1.165, 1.54) is 5.56 Å². The van der Waals surface area contributed by atoms with Crippen LogP contribution in [0, 0.1) is 17.4 Å². The van der Waals surface area contributed by atoms with Crippen LogP contribution < -0.4 is 0 Å². The lowest BCUT2D eigenvalue weighted by Gasteiger charge is -2.42. The number of amides is 2. The molecule has 1 aromatic carbocycles. The molecule has 5 nitrogen and oxygen atoms in total. The van der Waals surface area contributed by atoms with Crippen molar-refractivity contribution in [3.05, 3.63) is 35.9 Å². The fraction of sp³-hybridized carbons (Fsp3) is 0.529. The minimum absolute atomic E-state index is 0.166. The van der Waals surface area contributed by atoms with E-state index in [4.69, 9.17) is 5.26 Å². The van der Waals surface area contributed by atoms with E-state index in [1.807, 2.05) is 15.9 Å². The molecule has 2 unspecified atom stereocenters. The van der Waals surface area contributed by atoms with E-state index in [1.54, 1.807) is 4.90 Å². The molecule has 0 bridgehead atoms. The molecule has 3 heterocycles. The predicted octanol–water partition coefficient (Wildman–Crippen LogP) is 1.69. The van der Waals surface area contributed by atoms with Crippen LogP contribution in [-0.2, 0) is 0 Å². The lowest BCUT2D eigenvalue weighted by molar-refractivity contribution is 0.109. The van der Waals surface area contributed by atoms with Crippen molar-refractivity contribution in [2.24, 2.45) is 5.92 Å². The van der Waals surface area contributed by atoms with E-state index < -0.39 is 0 Å². The number of carbonyl (C=O) groups is 1. The average molecular weight is 296 g/mol. The van der Waals surface area contributed by atoms with Crippen molar-refractivity contribution in [3.8, 4) is 6.19 Å². The highest BCUT2D eigenvalue weighted by Crippen LogP contribution is 2.34. The average Bonchev–Trinajstić information content (AvgIpc) is 3.06. The van der Waals surface area contributed by atoms with Gasteiger partial charge in [0, 0.05) is 44.6 Å². The van der Waals surface area contributed by atoms with Crippen LogP contribution in [0.1, 0.15) is 17.9 Å². The molecule has 114 valence electrons. The highest BCUT2D eigenvalue weighted by atomic mass is 16.2. The number of carbonyl (C=O) groups excluding carboxylic acids is 1. The number of urea groups is 1. The molecule has 2 atom stereocenters. The normalized spacial score (nSPS) is 27.5. The molecule has 0 aromatic heterocycles. The van der Waals surface area contributed by atoms with Crippen LogP contribution in [0.15, 0.2) is 30.3 Å². The number of hydrogen-bond acceptors (Lipinski definition) is 3. The molecular formula is C17H20N4O. The lowest BCUT2D eigenvalue weighted by Crippen LogP contribution is -2.55. The monoisotopic (exact) mass is 296 g/mol. The number of likely N-dealkylation sites (tertiary alicyclic amines) is 3. The summed E-state index contributed by atoms with van der Waals surface area (Å²) in [4.78, 5) is 18.4. The van der Waals surface area contributed by atoms with Crippen molar-refractivity contribution < 1.29 is 4.79 Å². The summed E-state index contributed by atoms with van der Waals surface area (Å²) in [5.41, 5.74) is 1.32. The Bertz CT molecular complexity index is 605. The van der Waals surface area contributed by atoms with Crippen molar-refractivity contribution in [1.82, 2.24) is 14.7 Å². The fourth-order valence-corrected chi connectivity index (χ4v) is 4.03. The summed E-state index contributed by atoms with van der Waals surface area (Å²) >= 11 is 0. The molecule has 0 spiro atoms. The van der Waals surface area contributed by atoms with Crippen LogP contribution in [0.2, 0.25) is 0 Å². The zero-order chi connectivity index (χ0) is 15.1. The molecule has 2 amide bonds. The van der Waals surface area contributed by atoms with Gasteiger partial charge in [-0.1, -0.05) is 30.3 Å². The lowest BCUT2D eigenvalue weighted by atomic mass is 9.92. The minimum atomic E-state index is 0.166. The maximum Gasteiger partial charge on any atom is 0.320 e. The van der Waals surface area contributed by atoms with Gasteiger partial charge in [0.05, 0.1) is 6.04 Å². The Morgan fingerprint density at radius 3 is 2.64 bits per heavy atom. The number of hydrogen-bond donors (Lipinski definition) is 0. The molecule has 3 saturated heterocycles. The standard InChI is InChI=1S/C17H20N4O/c18-12-19-8-14-6-7-21(16(14)11-19)17(22)20-9-15(10-20)13-4-2-1-3-5-13/h1-5,14-16H,6-11H2. The molecule has 1 aromatic rings. The highest BCUT2D eigenvalue weighted by molar-refractivity contribution is 5.76. The Balaban J connectivity index is 1.37. The Labute approximate surface area is 130 Å². The van der Waals surface area contributed by atoms with Crippen LogP contribution >= 0.6 is 0 Å². The summed E-state index contributed by atoms with van der Waals surface area (Å²) in [6.45, 7) is 4.01. The number of benzene rings is 1. The van der Waals surface area contributed by atoms with Gasteiger partial charge in [0.2, 0.25) is 0 Å². The smallest absolute Gasteiger partial charge is 0.320 e. The van der Waals surface area contributed by atoms with Crippen LogP contribution in [0.3, 0.4) is 0 Å². The molecule has 3 fully saturated rings. The number of nitriles is 1. The van der Waals surface area contributed by atoms with Gasteiger partial charge < -0.3 is 14.7 Å². The maximum absolute atomic E-state index is 12.7. The van der Waals surface area contributed by atoms with Crippen molar-refractivity contribution >= 4 is 6.03 Å². The van der Waals surface area contributed by atoms with Gasteiger partial charge in [-0.3, -0.25) is 0 Å². The molecule has 0 radical (unpaired) electrons. The summed E-state index contributed by atoms with van der Waals surface area (Å²) in [7, 11) is 0. The first kappa shape index (κ1) is 13.4. The van der Waals surface area contributed by atoms with Gasteiger partial charge >= 0.3 is 6.03 Å². The topological polar surface area (TPSA) is 50.6 Å². The summed E-state index contributed by atoms with van der Waals surface area (Å²) in [5, 5.41) is 9.04. The van der Waals surface area contributed by atoms with E-state index in [-0.39, 0.29) is 12.1 Å². The predicted molar refractivity (Wildman–Crippen MR) is 81.9 cm³/mol. The second kappa shape index (κ2) is 5.20. The molecule has 5 heteroatoms. The first-order chi connectivity index (χ1) is 10.8. The van der Waals surface area contributed by atoms with Crippen LogP contribution in [-0.4, -0.2) is 59.5 Å². The van der Waals surface area contributed by atoms with Gasteiger partial charge in [-0.25, -0.2) is 4.79 Å². The van der Waals surface area contributed by atoms with Gasteiger partial charge in [0.1, 0.15) is 0 Å². The third-order valence-corrected chi connectivity index (χ3v) is 5.36. The maximum atomic E-state index is 12.7. The first-order valence-corrected chi connectivity index (χ1v) is 8.01. The third kappa shape index (κ3) is 2.10. The van der Waals surface area contributed by atoms with Crippen molar-refractivity contribution in [1.29, 1.82) is 5.26 Å². The third-order valence-electron chi connectivity index (χ3n) is 5.36.